The summed E-state index contributed by atoms with van der Waals surface area (Å²) in [5, 5.41) is 11.1. The van der Waals surface area contributed by atoms with E-state index in [1.54, 1.807) is 4.90 Å². The molecule has 1 aromatic carbocycles. The molecule has 7 heteroatoms. The van der Waals surface area contributed by atoms with Gasteiger partial charge >= 0.3 is 0 Å². The maximum Gasteiger partial charge on any atom is 0.272 e. The summed E-state index contributed by atoms with van der Waals surface area (Å²) in [6.07, 6.45) is 1.75. The Labute approximate surface area is 125 Å². The zero-order valence-corrected chi connectivity index (χ0v) is 12.7. The topological polar surface area (TPSA) is 63.5 Å². The number of hydrogen-bond donors (Lipinski definition) is 0. The first-order valence-corrected chi connectivity index (χ1v) is 7.42. The van der Waals surface area contributed by atoms with Crippen LogP contribution in [0.15, 0.2) is 18.2 Å². The van der Waals surface area contributed by atoms with E-state index in [4.69, 9.17) is 0 Å². The normalized spacial score (nSPS) is 10.3. The fraction of sp³-hybridized carbons (Fsp3) is 0.462. The Hall–Kier alpha value is -1.50. The molecule has 0 spiro atoms. The molecule has 0 atom stereocenters. The van der Waals surface area contributed by atoms with Gasteiger partial charge in [-0.15, -0.1) is 0 Å². The van der Waals surface area contributed by atoms with Crippen LogP contribution in [0.25, 0.3) is 0 Å². The summed E-state index contributed by atoms with van der Waals surface area (Å²) in [6, 6.07) is 3.09. The van der Waals surface area contributed by atoms with Crippen molar-refractivity contribution in [2.45, 2.75) is 19.8 Å². The van der Waals surface area contributed by atoms with E-state index in [1.807, 2.05) is 6.92 Å². The molecule has 0 saturated heterocycles. The number of nitro groups is 1. The van der Waals surface area contributed by atoms with Crippen LogP contribution in [-0.2, 0) is 0 Å². The maximum atomic E-state index is 13.8. The van der Waals surface area contributed by atoms with Gasteiger partial charge in [-0.1, -0.05) is 29.3 Å². The summed E-state index contributed by atoms with van der Waals surface area (Å²) in [5.74, 6) is -1.30. The fourth-order valence-corrected chi connectivity index (χ4v) is 2.16. The Morgan fingerprint density at radius 3 is 2.65 bits per heavy atom. The van der Waals surface area contributed by atoms with Crippen molar-refractivity contribution in [2.24, 2.45) is 0 Å². The molecule has 1 aromatic rings. The number of alkyl halides is 1. The first-order chi connectivity index (χ1) is 9.51. The number of non-ortho nitro benzene ring substituents is 1. The molecule has 0 aliphatic carbocycles. The Bertz CT molecular complexity index is 497. The van der Waals surface area contributed by atoms with Crippen molar-refractivity contribution in [1.82, 2.24) is 4.90 Å². The average Bonchev–Trinajstić information content (AvgIpc) is 2.42. The molecule has 0 unspecified atom stereocenters. The fourth-order valence-electron chi connectivity index (χ4n) is 1.73. The minimum atomic E-state index is -0.861. The first-order valence-electron chi connectivity index (χ1n) is 6.30. The molecule has 0 heterocycles. The van der Waals surface area contributed by atoms with E-state index in [9.17, 15) is 19.3 Å². The second-order valence-corrected chi connectivity index (χ2v) is 5.05. The second-order valence-electron chi connectivity index (χ2n) is 4.26. The predicted molar refractivity (Wildman–Crippen MR) is 77.7 cm³/mol. The van der Waals surface area contributed by atoms with Gasteiger partial charge in [0.05, 0.1) is 16.6 Å². The van der Waals surface area contributed by atoms with E-state index in [2.05, 4.69) is 15.9 Å². The van der Waals surface area contributed by atoms with Crippen molar-refractivity contribution in [3.05, 3.63) is 39.7 Å². The molecule has 0 bridgehead atoms. The van der Waals surface area contributed by atoms with Crippen molar-refractivity contribution in [3.8, 4) is 0 Å². The molecule has 1 rings (SSSR count). The summed E-state index contributed by atoms with van der Waals surface area (Å²) in [7, 11) is 0. The number of carbonyl (C=O) groups is 1. The van der Waals surface area contributed by atoms with Gasteiger partial charge < -0.3 is 4.90 Å². The molecule has 0 saturated carbocycles. The lowest BCUT2D eigenvalue weighted by atomic mass is 10.1. The van der Waals surface area contributed by atoms with Gasteiger partial charge in [-0.25, -0.2) is 4.39 Å². The standard InChI is InChI=1S/C13H16BrFN2O3/c1-2-3-7-16(8-6-14)13(18)11-5-4-10(17(19)20)9-12(11)15/h4-5,9H,2-3,6-8H2,1H3. The predicted octanol–water partition coefficient (Wildman–Crippen LogP) is 3.37. The van der Waals surface area contributed by atoms with E-state index in [0.29, 0.717) is 18.4 Å². The minimum Gasteiger partial charge on any atom is -0.338 e. The van der Waals surface area contributed by atoms with Gasteiger partial charge in [0, 0.05) is 24.5 Å². The van der Waals surface area contributed by atoms with Crippen molar-refractivity contribution >= 4 is 27.5 Å². The quantitative estimate of drug-likeness (QED) is 0.432. The SMILES string of the molecule is CCCCN(CCBr)C(=O)c1ccc([N+](=O)[O-])cc1F. The van der Waals surface area contributed by atoms with E-state index in [1.165, 1.54) is 6.07 Å². The molecule has 0 fully saturated rings. The van der Waals surface area contributed by atoms with Crippen molar-refractivity contribution < 1.29 is 14.1 Å². The van der Waals surface area contributed by atoms with Crippen molar-refractivity contribution in [2.75, 3.05) is 18.4 Å². The van der Waals surface area contributed by atoms with E-state index < -0.39 is 16.6 Å². The minimum absolute atomic E-state index is 0.132. The number of halogens is 2. The van der Waals surface area contributed by atoms with E-state index in [-0.39, 0.29) is 11.3 Å². The summed E-state index contributed by atoms with van der Waals surface area (Å²) in [6.45, 7) is 3.01. The molecule has 0 radical (unpaired) electrons. The molecular formula is C13H16BrFN2O3. The Morgan fingerprint density at radius 1 is 1.45 bits per heavy atom. The Kier molecular flexibility index (Phi) is 6.57. The van der Waals surface area contributed by atoms with Gasteiger partial charge in [0.2, 0.25) is 0 Å². The van der Waals surface area contributed by atoms with Crippen LogP contribution in [0, 0.1) is 15.9 Å². The molecule has 110 valence electrons. The number of nitrogens with zero attached hydrogens (tertiary/aromatic N) is 2. The van der Waals surface area contributed by atoms with Crippen LogP contribution in [-0.4, -0.2) is 34.2 Å². The van der Waals surface area contributed by atoms with Gasteiger partial charge in [-0.3, -0.25) is 14.9 Å². The van der Waals surface area contributed by atoms with Crippen molar-refractivity contribution in [3.63, 3.8) is 0 Å². The lowest BCUT2D eigenvalue weighted by molar-refractivity contribution is -0.385. The van der Waals surface area contributed by atoms with E-state index >= 15 is 0 Å². The van der Waals surface area contributed by atoms with Crippen LogP contribution in [0.1, 0.15) is 30.1 Å². The Morgan fingerprint density at radius 2 is 2.15 bits per heavy atom. The van der Waals surface area contributed by atoms with Gasteiger partial charge in [-0.05, 0) is 12.5 Å². The van der Waals surface area contributed by atoms with E-state index in [0.717, 1.165) is 25.0 Å². The zero-order chi connectivity index (χ0) is 15.1. The molecule has 0 N–H and O–H groups in total. The number of amides is 1. The summed E-state index contributed by atoms with van der Waals surface area (Å²) in [4.78, 5) is 23.6. The maximum absolute atomic E-state index is 13.8. The molecule has 0 aliphatic rings. The average molecular weight is 347 g/mol. The number of benzene rings is 1. The monoisotopic (exact) mass is 346 g/mol. The lowest BCUT2D eigenvalue weighted by Crippen LogP contribution is -2.34. The molecule has 20 heavy (non-hydrogen) atoms. The van der Waals surface area contributed by atoms with Crippen molar-refractivity contribution in [1.29, 1.82) is 0 Å². The van der Waals surface area contributed by atoms with Crippen LogP contribution in [0.5, 0.6) is 0 Å². The second kappa shape index (κ2) is 7.94. The smallest absolute Gasteiger partial charge is 0.272 e. The first kappa shape index (κ1) is 16.6. The van der Waals surface area contributed by atoms with Crippen LogP contribution in [0.4, 0.5) is 10.1 Å². The lowest BCUT2D eigenvalue weighted by Gasteiger charge is -2.21. The van der Waals surface area contributed by atoms with Crippen LogP contribution in [0.2, 0.25) is 0 Å². The van der Waals surface area contributed by atoms with Crippen LogP contribution in [0.3, 0.4) is 0 Å². The number of carbonyl (C=O) groups excluding carboxylic acids is 1. The number of hydrogen-bond acceptors (Lipinski definition) is 3. The highest BCUT2D eigenvalue weighted by Crippen LogP contribution is 2.18. The van der Waals surface area contributed by atoms with Gasteiger partial charge in [0.1, 0.15) is 5.82 Å². The zero-order valence-electron chi connectivity index (χ0n) is 11.1. The third-order valence-electron chi connectivity index (χ3n) is 2.82. The summed E-state index contributed by atoms with van der Waals surface area (Å²) in [5.41, 5.74) is -0.493. The Balaban J connectivity index is 2.96. The molecule has 0 aromatic heterocycles. The highest BCUT2D eigenvalue weighted by Gasteiger charge is 2.20. The summed E-state index contributed by atoms with van der Waals surface area (Å²) < 4.78 is 13.8. The molecule has 1 amide bonds. The van der Waals surface area contributed by atoms with Gasteiger partial charge in [-0.2, -0.15) is 0 Å². The van der Waals surface area contributed by atoms with Crippen LogP contribution < -0.4 is 0 Å². The number of unbranched alkanes of at least 4 members (excludes halogenated alkanes) is 1. The number of rotatable bonds is 7. The third-order valence-corrected chi connectivity index (χ3v) is 3.17. The van der Waals surface area contributed by atoms with Gasteiger partial charge in [0.15, 0.2) is 0 Å². The van der Waals surface area contributed by atoms with Gasteiger partial charge in [0.25, 0.3) is 11.6 Å². The third kappa shape index (κ3) is 4.26. The molecule has 0 aliphatic heterocycles. The molecular weight excluding hydrogens is 331 g/mol. The highest BCUT2D eigenvalue weighted by molar-refractivity contribution is 9.09. The largest absolute Gasteiger partial charge is 0.338 e. The van der Waals surface area contributed by atoms with Crippen LogP contribution >= 0.6 is 15.9 Å². The summed E-state index contributed by atoms with van der Waals surface area (Å²) >= 11 is 3.26. The molecule has 5 nitrogen and oxygen atoms in total. The number of nitro benzene ring substituents is 1. The highest BCUT2D eigenvalue weighted by atomic mass is 79.9.